The Bertz CT molecular complexity index is 1190. The standard InChI is InChI=1S/C26H23N3S/c1-18-17-24(26-28-27-25(30-26)22-11-7-4-8-12-22)19(2)29(18)23-15-13-21(14-16-23)20-9-5-3-6-10-20/h3-17,26,28H,1-2H3/t26-/m0/s1. The fourth-order valence-corrected chi connectivity index (χ4v) is 5.08. The first-order chi connectivity index (χ1) is 14.7. The third-order valence-corrected chi connectivity index (χ3v) is 6.66. The van der Waals surface area contributed by atoms with Crippen molar-refractivity contribution in [1.29, 1.82) is 0 Å². The fourth-order valence-electron chi connectivity index (χ4n) is 4.01. The Morgan fingerprint density at radius 3 is 2.03 bits per heavy atom. The van der Waals surface area contributed by atoms with Crippen LogP contribution in [0.1, 0.15) is 27.9 Å². The first kappa shape index (κ1) is 18.8. The highest BCUT2D eigenvalue weighted by molar-refractivity contribution is 8.14. The zero-order valence-electron chi connectivity index (χ0n) is 17.0. The van der Waals surface area contributed by atoms with Crippen molar-refractivity contribution >= 4 is 16.8 Å². The number of hydrogen-bond acceptors (Lipinski definition) is 3. The summed E-state index contributed by atoms with van der Waals surface area (Å²) in [4.78, 5) is 0. The Hall–Kier alpha value is -3.24. The van der Waals surface area contributed by atoms with E-state index in [2.05, 4.69) is 108 Å². The van der Waals surface area contributed by atoms with Gasteiger partial charge in [-0.1, -0.05) is 84.6 Å². The molecule has 0 fully saturated rings. The summed E-state index contributed by atoms with van der Waals surface area (Å²) >= 11 is 1.77. The molecule has 148 valence electrons. The minimum atomic E-state index is 0.128. The van der Waals surface area contributed by atoms with Crippen molar-refractivity contribution < 1.29 is 0 Å². The summed E-state index contributed by atoms with van der Waals surface area (Å²) < 4.78 is 2.33. The summed E-state index contributed by atoms with van der Waals surface area (Å²) in [6.45, 7) is 4.36. The summed E-state index contributed by atoms with van der Waals surface area (Å²) in [7, 11) is 0. The van der Waals surface area contributed by atoms with Crippen LogP contribution in [0.3, 0.4) is 0 Å². The van der Waals surface area contributed by atoms with E-state index in [4.69, 9.17) is 0 Å². The van der Waals surface area contributed by atoms with Crippen LogP contribution in [0, 0.1) is 13.8 Å². The van der Waals surface area contributed by atoms with E-state index in [9.17, 15) is 0 Å². The van der Waals surface area contributed by atoms with Gasteiger partial charge in [-0.3, -0.25) is 5.43 Å². The number of hydrazone groups is 1. The van der Waals surface area contributed by atoms with Crippen LogP contribution < -0.4 is 5.43 Å². The van der Waals surface area contributed by atoms with Crippen LogP contribution in [0.15, 0.2) is 96.1 Å². The lowest BCUT2D eigenvalue weighted by molar-refractivity contribution is 0.737. The molecule has 0 radical (unpaired) electrons. The quantitative estimate of drug-likeness (QED) is 0.419. The van der Waals surface area contributed by atoms with Crippen LogP contribution in [0.5, 0.6) is 0 Å². The van der Waals surface area contributed by atoms with Gasteiger partial charge in [0.15, 0.2) is 0 Å². The molecule has 0 saturated heterocycles. The van der Waals surface area contributed by atoms with Gasteiger partial charge in [-0.2, -0.15) is 5.10 Å². The Kier molecular flexibility index (Phi) is 4.93. The molecule has 2 heterocycles. The average molecular weight is 410 g/mol. The van der Waals surface area contributed by atoms with Crippen LogP contribution in [-0.2, 0) is 0 Å². The maximum Gasteiger partial charge on any atom is 0.126 e. The van der Waals surface area contributed by atoms with Crippen LogP contribution in [-0.4, -0.2) is 9.61 Å². The molecule has 1 atom stereocenters. The molecule has 1 N–H and O–H groups in total. The van der Waals surface area contributed by atoms with E-state index in [0.29, 0.717) is 0 Å². The first-order valence-electron chi connectivity index (χ1n) is 10.1. The summed E-state index contributed by atoms with van der Waals surface area (Å²) in [5.74, 6) is 0. The van der Waals surface area contributed by atoms with Crippen LogP contribution in [0.25, 0.3) is 16.8 Å². The third kappa shape index (κ3) is 3.44. The number of aromatic nitrogens is 1. The van der Waals surface area contributed by atoms with Gasteiger partial charge in [-0.25, -0.2) is 0 Å². The molecule has 0 amide bonds. The zero-order valence-corrected chi connectivity index (χ0v) is 17.9. The molecule has 5 rings (SSSR count). The normalized spacial score (nSPS) is 15.7. The molecule has 0 unspecified atom stereocenters. The van der Waals surface area contributed by atoms with E-state index in [1.54, 1.807) is 11.8 Å². The van der Waals surface area contributed by atoms with Gasteiger partial charge in [0, 0.05) is 28.2 Å². The number of rotatable bonds is 4. The van der Waals surface area contributed by atoms with E-state index in [1.807, 2.05) is 12.1 Å². The summed E-state index contributed by atoms with van der Waals surface area (Å²) in [5, 5.41) is 5.75. The van der Waals surface area contributed by atoms with E-state index >= 15 is 0 Å². The molecule has 3 nitrogen and oxygen atoms in total. The van der Waals surface area contributed by atoms with Crippen molar-refractivity contribution in [2.75, 3.05) is 0 Å². The van der Waals surface area contributed by atoms with E-state index in [-0.39, 0.29) is 5.37 Å². The third-order valence-electron chi connectivity index (χ3n) is 5.52. The molecule has 0 aliphatic carbocycles. The largest absolute Gasteiger partial charge is 0.318 e. The number of benzene rings is 3. The van der Waals surface area contributed by atoms with Crippen molar-refractivity contribution in [2.24, 2.45) is 5.10 Å². The number of nitrogens with one attached hydrogen (secondary N) is 1. The van der Waals surface area contributed by atoms with Gasteiger partial charge < -0.3 is 4.57 Å². The Labute approximate surface area is 181 Å². The highest BCUT2D eigenvalue weighted by Crippen LogP contribution is 2.37. The first-order valence-corrected chi connectivity index (χ1v) is 11.0. The smallest absolute Gasteiger partial charge is 0.126 e. The van der Waals surface area contributed by atoms with E-state index in [0.717, 1.165) is 10.6 Å². The fraction of sp³-hybridized carbons (Fsp3) is 0.115. The Morgan fingerprint density at radius 1 is 0.767 bits per heavy atom. The van der Waals surface area contributed by atoms with Gasteiger partial charge in [0.05, 0.1) is 0 Å². The van der Waals surface area contributed by atoms with Crippen molar-refractivity contribution in [2.45, 2.75) is 19.2 Å². The lowest BCUT2D eigenvalue weighted by Crippen LogP contribution is -2.08. The molecule has 0 spiro atoms. The van der Waals surface area contributed by atoms with Crippen LogP contribution in [0.2, 0.25) is 0 Å². The predicted molar refractivity (Wildman–Crippen MR) is 127 cm³/mol. The highest BCUT2D eigenvalue weighted by Gasteiger charge is 2.26. The average Bonchev–Trinajstić information content (AvgIpc) is 3.40. The number of hydrogen-bond donors (Lipinski definition) is 1. The van der Waals surface area contributed by atoms with Gasteiger partial charge in [0.2, 0.25) is 0 Å². The minimum absolute atomic E-state index is 0.128. The van der Waals surface area contributed by atoms with Gasteiger partial charge >= 0.3 is 0 Å². The lowest BCUT2D eigenvalue weighted by Gasteiger charge is -2.13. The lowest BCUT2D eigenvalue weighted by atomic mass is 10.1. The second kappa shape index (κ2) is 7.88. The molecule has 0 bridgehead atoms. The predicted octanol–water partition coefficient (Wildman–Crippen LogP) is 6.46. The Balaban J connectivity index is 1.41. The molecule has 3 aromatic carbocycles. The van der Waals surface area contributed by atoms with E-state index < -0.39 is 0 Å². The summed E-state index contributed by atoms with van der Waals surface area (Å²) in [5.41, 5.74) is 11.9. The minimum Gasteiger partial charge on any atom is -0.318 e. The molecule has 1 aromatic heterocycles. The molecule has 4 heteroatoms. The molecule has 1 aliphatic heterocycles. The second-order valence-electron chi connectivity index (χ2n) is 7.48. The van der Waals surface area contributed by atoms with Gasteiger partial charge in [-0.15, -0.1) is 0 Å². The molecule has 1 aliphatic rings. The maximum absolute atomic E-state index is 4.58. The monoisotopic (exact) mass is 409 g/mol. The summed E-state index contributed by atoms with van der Waals surface area (Å²) in [6, 6.07) is 31.9. The van der Waals surface area contributed by atoms with Crippen LogP contribution in [0.4, 0.5) is 0 Å². The topological polar surface area (TPSA) is 29.3 Å². The molecular formula is C26H23N3S. The highest BCUT2D eigenvalue weighted by atomic mass is 32.2. The molecule has 30 heavy (non-hydrogen) atoms. The second-order valence-corrected chi connectivity index (χ2v) is 8.58. The number of nitrogens with zero attached hydrogens (tertiary/aromatic N) is 2. The molecular weight excluding hydrogens is 386 g/mol. The maximum atomic E-state index is 4.58. The summed E-state index contributed by atoms with van der Waals surface area (Å²) in [6.07, 6.45) is 0. The van der Waals surface area contributed by atoms with Crippen molar-refractivity contribution in [3.8, 4) is 16.8 Å². The van der Waals surface area contributed by atoms with Gasteiger partial charge in [0.1, 0.15) is 10.4 Å². The van der Waals surface area contributed by atoms with Crippen molar-refractivity contribution in [3.63, 3.8) is 0 Å². The van der Waals surface area contributed by atoms with Gasteiger partial charge in [0.25, 0.3) is 0 Å². The Morgan fingerprint density at radius 2 is 1.37 bits per heavy atom. The SMILES string of the molecule is Cc1cc([C@H]2NN=C(c3ccccc3)S2)c(C)n1-c1ccc(-c2ccccc2)cc1. The van der Waals surface area contributed by atoms with Crippen molar-refractivity contribution in [1.82, 2.24) is 9.99 Å². The number of thioether (sulfide) groups is 1. The van der Waals surface area contributed by atoms with E-state index in [1.165, 1.54) is 33.8 Å². The zero-order chi connectivity index (χ0) is 20.5. The van der Waals surface area contributed by atoms with Crippen molar-refractivity contribution in [3.05, 3.63) is 114 Å². The van der Waals surface area contributed by atoms with Gasteiger partial charge in [-0.05, 0) is 43.2 Å². The number of aryl methyl sites for hydroxylation is 1. The molecule has 0 saturated carbocycles. The molecule has 4 aromatic rings. The van der Waals surface area contributed by atoms with Crippen LogP contribution >= 0.6 is 11.8 Å².